The van der Waals surface area contributed by atoms with Gasteiger partial charge in [0, 0.05) is 39.1 Å². The van der Waals surface area contributed by atoms with Crippen molar-refractivity contribution in [3.63, 3.8) is 0 Å². The van der Waals surface area contributed by atoms with Gasteiger partial charge in [-0.2, -0.15) is 0 Å². The maximum absolute atomic E-state index is 12.1. The number of nitrogens with zero attached hydrogens (tertiary/aromatic N) is 2. The number of carbonyl (C=O) groups excluding carboxylic acids is 3. The molecule has 0 radical (unpaired) electrons. The van der Waals surface area contributed by atoms with Gasteiger partial charge in [0.15, 0.2) is 0 Å². The molecule has 1 saturated carbocycles. The molecule has 1 heterocycles. The lowest BCUT2D eigenvalue weighted by atomic mass is 9.95. The van der Waals surface area contributed by atoms with Crippen LogP contribution in [-0.2, 0) is 14.4 Å². The maximum atomic E-state index is 12.1. The van der Waals surface area contributed by atoms with Gasteiger partial charge in [-0.3, -0.25) is 14.4 Å². The van der Waals surface area contributed by atoms with Crippen LogP contribution in [0.3, 0.4) is 0 Å². The topological polar surface area (TPSA) is 69.7 Å². The SMILES string of the molecule is CC(=O)N1CCN(C(=O)C(=O)NC2CCCCC2)CC1. The first-order valence-electron chi connectivity index (χ1n) is 7.43. The quantitative estimate of drug-likeness (QED) is 0.694. The maximum Gasteiger partial charge on any atom is 0.312 e. The summed E-state index contributed by atoms with van der Waals surface area (Å²) in [7, 11) is 0. The zero-order chi connectivity index (χ0) is 14.5. The number of rotatable bonds is 1. The molecule has 0 bridgehead atoms. The van der Waals surface area contributed by atoms with Gasteiger partial charge in [-0.05, 0) is 12.8 Å². The van der Waals surface area contributed by atoms with E-state index in [2.05, 4.69) is 5.32 Å². The van der Waals surface area contributed by atoms with Gasteiger partial charge in [0.1, 0.15) is 0 Å². The van der Waals surface area contributed by atoms with Gasteiger partial charge in [0.05, 0.1) is 0 Å². The van der Waals surface area contributed by atoms with Crippen LogP contribution in [0, 0.1) is 0 Å². The predicted molar refractivity (Wildman–Crippen MR) is 73.8 cm³/mol. The monoisotopic (exact) mass is 281 g/mol. The fourth-order valence-corrected chi connectivity index (χ4v) is 2.86. The lowest BCUT2D eigenvalue weighted by Crippen LogP contribution is -2.54. The van der Waals surface area contributed by atoms with Crippen LogP contribution in [0.5, 0.6) is 0 Å². The Morgan fingerprint density at radius 2 is 1.45 bits per heavy atom. The van der Waals surface area contributed by atoms with Gasteiger partial charge in [-0.25, -0.2) is 0 Å². The molecule has 0 atom stereocenters. The summed E-state index contributed by atoms with van der Waals surface area (Å²) < 4.78 is 0. The zero-order valence-electron chi connectivity index (χ0n) is 12.1. The van der Waals surface area contributed by atoms with Crippen molar-refractivity contribution in [2.45, 2.75) is 45.1 Å². The Labute approximate surface area is 119 Å². The highest BCUT2D eigenvalue weighted by atomic mass is 16.2. The van der Waals surface area contributed by atoms with E-state index in [1.165, 1.54) is 18.2 Å². The third kappa shape index (κ3) is 3.71. The van der Waals surface area contributed by atoms with Crippen LogP contribution in [0.4, 0.5) is 0 Å². The van der Waals surface area contributed by atoms with E-state index in [0.29, 0.717) is 26.2 Å². The Morgan fingerprint density at radius 3 is 2.00 bits per heavy atom. The molecule has 2 fully saturated rings. The largest absolute Gasteiger partial charge is 0.345 e. The van der Waals surface area contributed by atoms with Crippen LogP contribution in [0.1, 0.15) is 39.0 Å². The molecule has 2 aliphatic rings. The Kier molecular flexibility index (Phi) is 4.98. The molecule has 112 valence electrons. The summed E-state index contributed by atoms with van der Waals surface area (Å²) in [5, 5.41) is 2.84. The smallest absolute Gasteiger partial charge is 0.312 e. The van der Waals surface area contributed by atoms with Crippen LogP contribution < -0.4 is 5.32 Å². The van der Waals surface area contributed by atoms with Crippen LogP contribution in [0.2, 0.25) is 0 Å². The van der Waals surface area contributed by atoms with E-state index in [1.54, 1.807) is 4.90 Å². The van der Waals surface area contributed by atoms with Gasteiger partial charge in [-0.1, -0.05) is 19.3 Å². The fraction of sp³-hybridized carbons (Fsp3) is 0.786. The Balaban J connectivity index is 1.79. The van der Waals surface area contributed by atoms with Crippen LogP contribution >= 0.6 is 0 Å². The van der Waals surface area contributed by atoms with E-state index in [-0.39, 0.29) is 11.9 Å². The van der Waals surface area contributed by atoms with E-state index in [1.807, 2.05) is 0 Å². The van der Waals surface area contributed by atoms with E-state index in [9.17, 15) is 14.4 Å². The third-order valence-corrected chi connectivity index (χ3v) is 4.15. The predicted octanol–water partition coefficient (Wildman–Crippen LogP) is 0.126. The highest BCUT2D eigenvalue weighted by Gasteiger charge is 2.28. The molecule has 1 aliphatic carbocycles. The lowest BCUT2D eigenvalue weighted by molar-refractivity contribution is -0.148. The van der Waals surface area contributed by atoms with Crippen molar-refractivity contribution in [2.75, 3.05) is 26.2 Å². The van der Waals surface area contributed by atoms with Crippen LogP contribution in [0.25, 0.3) is 0 Å². The van der Waals surface area contributed by atoms with Gasteiger partial charge in [0.25, 0.3) is 0 Å². The molecule has 20 heavy (non-hydrogen) atoms. The summed E-state index contributed by atoms with van der Waals surface area (Å²) >= 11 is 0. The minimum Gasteiger partial charge on any atom is -0.345 e. The molecule has 6 heteroatoms. The fourth-order valence-electron chi connectivity index (χ4n) is 2.86. The number of nitrogens with one attached hydrogen (secondary N) is 1. The van der Waals surface area contributed by atoms with Gasteiger partial charge in [0.2, 0.25) is 5.91 Å². The summed E-state index contributed by atoms with van der Waals surface area (Å²) in [6.07, 6.45) is 5.40. The summed E-state index contributed by atoms with van der Waals surface area (Å²) in [4.78, 5) is 38.5. The lowest BCUT2D eigenvalue weighted by Gasteiger charge is -2.34. The molecule has 2 rings (SSSR count). The van der Waals surface area contributed by atoms with Gasteiger partial charge in [-0.15, -0.1) is 0 Å². The van der Waals surface area contributed by atoms with Crippen molar-refractivity contribution in [3.05, 3.63) is 0 Å². The first-order valence-corrected chi connectivity index (χ1v) is 7.43. The molecular weight excluding hydrogens is 258 g/mol. The standard InChI is InChI=1S/C14H23N3O3/c1-11(18)16-7-9-17(10-8-16)14(20)13(19)15-12-5-3-2-4-6-12/h12H,2-10H2,1H3,(H,15,19). The minimum absolute atomic E-state index is 0.0174. The molecule has 1 N–H and O–H groups in total. The first-order chi connectivity index (χ1) is 9.58. The Bertz CT molecular complexity index is 383. The third-order valence-electron chi connectivity index (χ3n) is 4.15. The highest BCUT2D eigenvalue weighted by Crippen LogP contribution is 2.17. The molecule has 1 aliphatic heterocycles. The summed E-state index contributed by atoms with van der Waals surface area (Å²) in [6.45, 7) is 3.43. The minimum atomic E-state index is -0.492. The first kappa shape index (κ1) is 14.8. The number of piperazine rings is 1. The van der Waals surface area contributed by atoms with Crippen molar-refractivity contribution < 1.29 is 14.4 Å². The molecule has 0 unspecified atom stereocenters. The van der Waals surface area contributed by atoms with Crippen molar-refractivity contribution in [2.24, 2.45) is 0 Å². The van der Waals surface area contributed by atoms with Gasteiger partial charge < -0.3 is 15.1 Å². The number of amides is 3. The molecule has 1 saturated heterocycles. The number of hydrogen-bond donors (Lipinski definition) is 1. The Hall–Kier alpha value is -1.59. The second kappa shape index (κ2) is 6.72. The average Bonchev–Trinajstić information content (AvgIpc) is 2.47. The average molecular weight is 281 g/mol. The van der Waals surface area contributed by atoms with Crippen molar-refractivity contribution in [3.8, 4) is 0 Å². The molecule has 6 nitrogen and oxygen atoms in total. The summed E-state index contributed by atoms with van der Waals surface area (Å²) in [6, 6.07) is 0.152. The number of hydrogen-bond acceptors (Lipinski definition) is 3. The number of carbonyl (C=O) groups is 3. The molecule has 0 aromatic carbocycles. The summed E-state index contributed by atoms with van der Waals surface area (Å²) in [5.74, 6) is -0.935. The van der Waals surface area contributed by atoms with Crippen molar-refractivity contribution >= 4 is 17.7 Å². The van der Waals surface area contributed by atoms with Gasteiger partial charge >= 0.3 is 11.8 Å². The molecule has 0 aromatic heterocycles. The highest BCUT2D eigenvalue weighted by molar-refractivity contribution is 6.35. The van der Waals surface area contributed by atoms with E-state index in [0.717, 1.165) is 25.7 Å². The van der Waals surface area contributed by atoms with E-state index in [4.69, 9.17) is 0 Å². The van der Waals surface area contributed by atoms with Crippen LogP contribution in [0.15, 0.2) is 0 Å². The molecule has 3 amide bonds. The zero-order valence-corrected chi connectivity index (χ0v) is 12.1. The van der Waals surface area contributed by atoms with E-state index >= 15 is 0 Å². The van der Waals surface area contributed by atoms with Crippen LogP contribution in [-0.4, -0.2) is 59.7 Å². The van der Waals surface area contributed by atoms with Crippen molar-refractivity contribution in [1.29, 1.82) is 0 Å². The van der Waals surface area contributed by atoms with Crippen molar-refractivity contribution in [1.82, 2.24) is 15.1 Å². The summed E-state index contributed by atoms with van der Waals surface area (Å²) in [5.41, 5.74) is 0. The normalized spacial score (nSPS) is 20.6. The molecule has 0 aromatic rings. The molecule has 0 spiro atoms. The Morgan fingerprint density at radius 1 is 0.900 bits per heavy atom. The second-order valence-corrected chi connectivity index (χ2v) is 5.61. The second-order valence-electron chi connectivity index (χ2n) is 5.61. The van der Waals surface area contributed by atoms with E-state index < -0.39 is 11.8 Å². The molecular formula is C14H23N3O3.